The third-order valence-corrected chi connectivity index (χ3v) is 6.69. The van der Waals surface area contributed by atoms with Crippen LogP contribution in [-0.2, 0) is 9.84 Å². The van der Waals surface area contributed by atoms with Crippen molar-refractivity contribution in [1.29, 1.82) is 0 Å². The van der Waals surface area contributed by atoms with Gasteiger partial charge in [-0.3, -0.25) is 0 Å². The Morgan fingerprint density at radius 2 is 1.65 bits per heavy atom. The molecule has 0 atom stereocenters. The molecule has 0 bridgehead atoms. The van der Waals surface area contributed by atoms with Gasteiger partial charge in [0, 0.05) is 45.0 Å². The van der Waals surface area contributed by atoms with Crippen molar-refractivity contribution < 1.29 is 8.42 Å². The molecule has 1 aliphatic heterocycles. The molecule has 0 aromatic heterocycles. The maximum atomic E-state index is 13.2. The van der Waals surface area contributed by atoms with Gasteiger partial charge in [0.1, 0.15) is 0 Å². The van der Waals surface area contributed by atoms with Gasteiger partial charge >= 0.3 is 0 Å². The lowest BCUT2D eigenvalue weighted by atomic mass is 10.2. The maximum Gasteiger partial charge on any atom is 0.208 e. The molecule has 140 valence electrons. The smallest absolute Gasteiger partial charge is 0.208 e. The van der Waals surface area contributed by atoms with Crippen molar-refractivity contribution in [2.45, 2.75) is 23.6 Å². The number of hydrogen-bond acceptors (Lipinski definition) is 5. The van der Waals surface area contributed by atoms with Crippen molar-refractivity contribution in [3.8, 4) is 0 Å². The lowest BCUT2D eigenvalue weighted by Gasteiger charge is -2.31. The molecule has 26 heavy (non-hydrogen) atoms. The van der Waals surface area contributed by atoms with Crippen molar-refractivity contribution in [3.05, 3.63) is 48.5 Å². The molecular formula is C20H27N3O2S. The summed E-state index contributed by atoms with van der Waals surface area (Å²) in [7, 11) is -3.55. The van der Waals surface area contributed by atoms with Crippen LogP contribution in [0.1, 0.15) is 13.8 Å². The fourth-order valence-corrected chi connectivity index (χ4v) is 4.87. The highest BCUT2D eigenvalue weighted by Crippen LogP contribution is 2.34. The van der Waals surface area contributed by atoms with Crippen molar-refractivity contribution in [1.82, 2.24) is 5.32 Å². The van der Waals surface area contributed by atoms with Gasteiger partial charge in [0.05, 0.1) is 15.5 Å². The van der Waals surface area contributed by atoms with Crippen LogP contribution in [0.15, 0.2) is 58.3 Å². The van der Waals surface area contributed by atoms with Crippen LogP contribution < -0.4 is 15.1 Å². The number of nitrogens with zero attached hydrogens (tertiary/aromatic N) is 2. The summed E-state index contributed by atoms with van der Waals surface area (Å²) in [5.74, 6) is 0. The van der Waals surface area contributed by atoms with Gasteiger partial charge in [-0.1, -0.05) is 18.2 Å². The standard InChI is InChI=1S/C20H27N3O2S/c1-3-22(4-2)19-16-17(23-14-12-21-13-15-23)10-11-20(19)26(24,25)18-8-6-5-7-9-18/h5-11,16,21H,3-4,12-15H2,1-2H3. The van der Waals surface area contributed by atoms with Gasteiger partial charge in [0.25, 0.3) is 0 Å². The molecule has 1 saturated heterocycles. The molecule has 2 aromatic carbocycles. The van der Waals surface area contributed by atoms with E-state index in [1.54, 1.807) is 30.3 Å². The van der Waals surface area contributed by atoms with E-state index in [2.05, 4.69) is 29.0 Å². The highest BCUT2D eigenvalue weighted by molar-refractivity contribution is 7.91. The van der Waals surface area contributed by atoms with Crippen LogP contribution in [-0.4, -0.2) is 47.7 Å². The second-order valence-corrected chi connectivity index (χ2v) is 8.30. The summed E-state index contributed by atoms with van der Waals surface area (Å²) >= 11 is 0. The Morgan fingerprint density at radius 3 is 2.27 bits per heavy atom. The minimum absolute atomic E-state index is 0.336. The Hall–Kier alpha value is -2.05. The molecule has 1 fully saturated rings. The van der Waals surface area contributed by atoms with Crippen molar-refractivity contribution >= 4 is 21.2 Å². The summed E-state index contributed by atoms with van der Waals surface area (Å²) in [5.41, 5.74) is 1.87. The summed E-state index contributed by atoms with van der Waals surface area (Å²) < 4.78 is 26.5. The van der Waals surface area contributed by atoms with E-state index in [9.17, 15) is 8.42 Å². The zero-order valence-electron chi connectivity index (χ0n) is 15.5. The highest BCUT2D eigenvalue weighted by atomic mass is 32.2. The molecule has 0 unspecified atom stereocenters. The van der Waals surface area contributed by atoms with E-state index in [1.807, 2.05) is 18.2 Å². The van der Waals surface area contributed by atoms with Crippen LogP contribution in [0.3, 0.4) is 0 Å². The number of sulfone groups is 1. The first kappa shape index (κ1) is 18.7. The second-order valence-electron chi connectivity index (χ2n) is 6.38. The topological polar surface area (TPSA) is 52.6 Å². The van der Waals surface area contributed by atoms with E-state index >= 15 is 0 Å². The van der Waals surface area contributed by atoms with Gasteiger partial charge in [0.2, 0.25) is 9.84 Å². The number of anilines is 2. The van der Waals surface area contributed by atoms with Crippen molar-refractivity contribution in [2.75, 3.05) is 49.1 Å². The molecule has 0 aliphatic carbocycles. The molecule has 6 heteroatoms. The van der Waals surface area contributed by atoms with E-state index in [4.69, 9.17) is 0 Å². The predicted octanol–water partition coefficient (Wildman–Crippen LogP) is 2.78. The zero-order chi connectivity index (χ0) is 18.6. The number of piperazine rings is 1. The SMILES string of the molecule is CCN(CC)c1cc(N2CCNCC2)ccc1S(=O)(=O)c1ccccc1. The Balaban J connectivity index is 2.09. The summed E-state index contributed by atoms with van der Waals surface area (Å²) in [6, 6.07) is 14.4. The van der Waals surface area contributed by atoms with Gasteiger partial charge < -0.3 is 15.1 Å². The Bertz CT molecular complexity index is 827. The number of benzene rings is 2. The van der Waals surface area contributed by atoms with E-state index in [-0.39, 0.29) is 0 Å². The fourth-order valence-electron chi connectivity index (χ4n) is 3.39. The second kappa shape index (κ2) is 8.10. The molecule has 0 radical (unpaired) electrons. The third-order valence-electron chi connectivity index (χ3n) is 4.87. The van der Waals surface area contributed by atoms with E-state index in [1.165, 1.54) is 0 Å². The van der Waals surface area contributed by atoms with Gasteiger partial charge in [-0.2, -0.15) is 0 Å². The Kier molecular flexibility index (Phi) is 5.84. The highest BCUT2D eigenvalue weighted by Gasteiger charge is 2.24. The number of hydrogen-bond donors (Lipinski definition) is 1. The average molecular weight is 374 g/mol. The van der Waals surface area contributed by atoms with Crippen LogP contribution in [0.4, 0.5) is 11.4 Å². The fraction of sp³-hybridized carbons (Fsp3) is 0.400. The normalized spacial score (nSPS) is 15.1. The largest absolute Gasteiger partial charge is 0.371 e. The monoisotopic (exact) mass is 373 g/mol. The van der Waals surface area contributed by atoms with Gasteiger partial charge in [-0.25, -0.2) is 8.42 Å². The van der Waals surface area contributed by atoms with Crippen LogP contribution >= 0.6 is 0 Å². The third kappa shape index (κ3) is 3.71. The summed E-state index contributed by atoms with van der Waals surface area (Å²) in [6.45, 7) is 9.40. The molecule has 0 saturated carbocycles. The van der Waals surface area contributed by atoms with E-state index in [0.717, 1.165) is 50.6 Å². The first-order chi connectivity index (χ1) is 12.6. The Morgan fingerprint density at radius 1 is 1.00 bits per heavy atom. The first-order valence-corrected chi connectivity index (χ1v) is 10.7. The summed E-state index contributed by atoms with van der Waals surface area (Å²) in [4.78, 5) is 5.14. The van der Waals surface area contributed by atoms with Crippen LogP contribution in [0.25, 0.3) is 0 Å². The van der Waals surface area contributed by atoms with Crippen LogP contribution in [0.5, 0.6) is 0 Å². The lowest BCUT2D eigenvalue weighted by molar-refractivity contribution is 0.588. The van der Waals surface area contributed by atoms with Gasteiger partial charge in [-0.15, -0.1) is 0 Å². The van der Waals surface area contributed by atoms with Gasteiger partial charge in [-0.05, 0) is 44.2 Å². The first-order valence-electron chi connectivity index (χ1n) is 9.22. The van der Waals surface area contributed by atoms with Crippen molar-refractivity contribution in [2.24, 2.45) is 0 Å². The van der Waals surface area contributed by atoms with E-state index < -0.39 is 9.84 Å². The van der Waals surface area contributed by atoms with Gasteiger partial charge in [0.15, 0.2) is 0 Å². The van der Waals surface area contributed by atoms with Crippen molar-refractivity contribution in [3.63, 3.8) is 0 Å². The zero-order valence-corrected chi connectivity index (χ0v) is 16.3. The maximum absolute atomic E-state index is 13.2. The summed E-state index contributed by atoms with van der Waals surface area (Å²) in [5, 5.41) is 3.35. The minimum atomic E-state index is -3.55. The molecule has 1 heterocycles. The molecule has 0 spiro atoms. The Labute approximate surface area is 156 Å². The molecule has 5 nitrogen and oxygen atoms in total. The predicted molar refractivity (Wildman–Crippen MR) is 107 cm³/mol. The number of rotatable bonds is 6. The molecule has 3 rings (SSSR count). The molecule has 1 aliphatic rings. The molecule has 0 amide bonds. The number of nitrogens with one attached hydrogen (secondary N) is 1. The summed E-state index contributed by atoms with van der Waals surface area (Å²) in [6.07, 6.45) is 0. The molecular weight excluding hydrogens is 346 g/mol. The molecule has 1 N–H and O–H groups in total. The lowest BCUT2D eigenvalue weighted by Crippen LogP contribution is -2.43. The van der Waals surface area contributed by atoms with E-state index in [0.29, 0.717) is 9.79 Å². The molecule has 2 aromatic rings. The minimum Gasteiger partial charge on any atom is -0.371 e. The average Bonchev–Trinajstić information content (AvgIpc) is 2.70. The van der Waals surface area contributed by atoms with Crippen LogP contribution in [0, 0.1) is 0 Å². The quantitative estimate of drug-likeness (QED) is 0.844. The van der Waals surface area contributed by atoms with Crippen LogP contribution in [0.2, 0.25) is 0 Å².